The van der Waals surface area contributed by atoms with Crippen LogP contribution in [0.5, 0.6) is 0 Å². The average molecular weight is 473 g/mol. The highest BCUT2D eigenvalue weighted by Crippen LogP contribution is 2.34. The first-order valence-corrected chi connectivity index (χ1v) is 10.1. The Morgan fingerprint density at radius 3 is 2.10 bits per heavy atom. The molecule has 2 aromatic rings. The highest BCUT2D eigenvalue weighted by atomic mass is 35.5. The number of carbonyl (C=O) groups is 2. The monoisotopic (exact) mass is 471 g/mol. The van der Waals surface area contributed by atoms with E-state index in [9.17, 15) is 19.7 Å². The van der Waals surface area contributed by atoms with Crippen molar-refractivity contribution >= 4 is 52.3 Å². The van der Waals surface area contributed by atoms with Crippen molar-refractivity contribution in [2.75, 3.05) is 6.54 Å². The molecule has 10 heteroatoms. The number of hydrogen-bond acceptors (Lipinski definition) is 4. The van der Waals surface area contributed by atoms with Crippen molar-refractivity contribution in [1.29, 1.82) is 0 Å². The molecule has 0 saturated heterocycles. The van der Waals surface area contributed by atoms with E-state index in [4.69, 9.17) is 34.8 Å². The first kappa shape index (κ1) is 23.9. The Kier molecular flexibility index (Phi) is 7.34. The Hall–Kier alpha value is -2.35. The summed E-state index contributed by atoms with van der Waals surface area (Å²) in [4.78, 5) is 37.5. The lowest BCUT2D eigenvalue weighted by molar-refractivity contribution is -0.385. The standard InChI is InChI=1S/C20H20Cl3N3O4/c1-5-24(18(27)13-10-11-14(21)17(23)16(13)22)25(20(2,3)4)19(28)12-8-6-7-9-15(12)26(29)30/h6-11H,5H2,1-4H3. The van der Waals surface area contributed by atoms with Crippen LogP contribution >= 0.6 is 34.8 Å². The number of nitro benzene ring substituents is 1. The Morgan fingerprint density at radius 1 is 0.967 bits per heavy atom. The van der Waals surface area contributed by atoms with Gasteiger partial charge in [-0.2, -0.15) is 0 Å². The highest BCUT2D eigenvalue weighted by molar-refractivity contribution is 6.49. The molecule has 0 aliphatic heterocycles. The molecule has 0 N–H and O–H groups in total. The van der Waals surface area contributed by atoms with Gasteiger partial charge in [-0.1, -0.05) is 46.9 Å². The van der Waals surface area contributed by atoms with Crippen LogP contribution in [0.25, 0.3) is 0 Å². The van der Waals surface area contributed by atoms with Crippen molar-refractivity contribution in [2.45, 2.75) is 33.2 Å². The summed E-state index contributed by atoms with van der Waals surface area (Å²) in [6, 6.07) is 8.43. The van der Waals surface area contributed by atoms with Crippen molar-refractivity contribution < 1.29 is 14.5 Å². The van der Waals surface area contributed by atoms with Crippen LogP contribution in [0.1, 0.15) is 48.4 Å². The SMILES string of the molecule is CCN(C(=O)c1ccc(Cl)c(Cl)c1Cl)N(C(=O)c1ccccc1[N+](=O)[O-])C(C)(C)C. The largest absolute Gasteiger partial charge is 0.282 e. The van der Waals surface area contributed by atoms with Gasteiger partial charge >= 0.3 is 0 Å². The van der Waals surface area contributed by atoms with E-state index in [0.29, 0.717) is 0 Å². The Morgan fingerprint density at radius 2 is 1.57 bits per heavy atom. The first-order valence-electron chi connectivity index (χ1n) is 8.95. The molecule has 0 unspecified atom stereocenters. The zero-order chi connectivity index (χ0) is 22.8. The molecule has 0 saturated carbocycles. The summed E-state index contributed by atoms with van der Waals surface area (Å²) in [6.07, 6.45) is 0. The molecule has 0 bridgehead atoms. The summed E-state index contributed by atoms with van der Waals surface area (Å²) in [5, 5.41) is 14.0. The summed E-state index contributed by atoms with van der Waals surface area (Å²) in [6.45, 7) is 6.91. The number of hydrogen-bond donors (Lipinski definition) is 0. The number of hydrazine groups is 1. The lowest BCUT2D eigenvalue weighted by Gasteiger charge is -2.43. The minimum atomic E-state index is -0.894. The third-order valence-corrected chi connectivity index (χ3v) is 5.49. The van der Waals surface area contributed by atoms with Crippen molar-refractivity contribution in [3.63, 3.8) is 0 Å². The number of rotatable bonds is 4. The zero-order valence-electron chi connectivity index (χ0n) is 16.8. The van der Waals surface area contributed by atoms with Gasteiger partial charge in [0, 0.05) is 12.6 Å². The molecule has 0 heterocycles. The molecule has 2 aromatic carbocycles. The highest BCUT2D eigenvalue weighted by Gasteiger charge is 2.38. The summed E-state index contributed by atoms with van der Waals surface area (Å²) < 4.78 is 0. The van der Waals surface area contributed by atoms with Crippen molar-refractivity contribution in [3.05, 3.63) is 72.7 Å². The molecular weight excluding hydrogens is 453 g/mol. The number of benzene rings is 2. The lowest BCUT2D eigenvalue weighted by atomic mass is 10.0. The molecule has 30 heavy (non-hydrogen) atoms. The van der Waals surface area contributed by atoms with Crippen LogP contribution in [0.15, 0.2) is 36.4 Å². The molecule has 0 aliphatic carbocycles. The molecule has 0 fully saturated rings. The summed E-state index contributed by atoms with van der Waals surface area (Å²) in [5.74, 6) is -1.29. The number of halogens is 3. The van der Waals surface area contributed by atoms with E-state index in [1.807, 2.05) is 0 Å². The van der Waals surface area contributed by atoms with Gasteiger partial charge in [0.15, 0.2) is 0 Å². The summed E-state index contributed by atoms with van der Waals surface area (Å²) in [5.41, 5.74) is -1.33. The predicted octanol–water partition coefficient (Wildman–Crippen LogP) is 5.87. The van der Waals surface area contributed by atoms with Crippen molar-refractivity contribution in [1.82, 2.24) is 10.0 Å². The number of nitrogens with zero attached hydrogens (tertiary/aromatic N) is 3. The van der Waals surface area contributed by atoms with Crippen LogP contribution in [0.2, 0.25) is 15.1 Å². The minimum absolute atomic E-state index is 0.0209. The van der Waals surface area contributed by atoms with E-state index >= 15 is 0 Å². The van der Waals surface area contributed by atoms with Gasteiger partial charge in [0.2, 0.25) is 0 Å². The van der Waals surface area contributed by atoms with Gasteiger partial charge in [-0.05, 0) is 45.9 Å². The van der Waals surface area contributed by atoms with Crippen LogP contribution in [-0.4, -0.2) is 38.8 Å². The predicted molar refractivity (Wildman–Crippen MR) is 117 cm³/mol. The first-order chi connectivity index (χ1) is 13.9. The van der Waals surface area contributed by atoms with Crippen molar-refractivity contribution in [2.24, 2.45) is 0 Å². The van der Waals surface area contributed by atoms with E-state index in [-0.39, 0.29) is 38.4 Å². The van der Waals surface area contributed by atoms with Gasteiger partial charge in [0.1, 0.15) is 5.56 Å². The second-order valence-electron chi connectivity index (χ2n) is 7.31. The van der Waals surface area contributed by atoms with Crippen LogP contribution < -0.4 is 0 Å². The quantitative estimate of drug-likeness (QED) is 0.316. The maximum Gasteiger partial charge on any atom is 0.282 e. The molecule has 0 aromatic heterocycles. The van der Waals surface area contributed by atoms with Gasteiger partial charge in [-0.25, -0.2) is 10.0 Å². The minimum Gasteiger partial charge on any atom is -0.267 e. The topological polar surface area (TPSA) is 83.8 Å². The van der Waals surface area contributed by atoms with E-state index in [2.05, 4.69) is 0 Å². The average Bonchev–Trinajstić information content (AvgIpc) is 2.68. The number of para-hydroxylation sites is 1. The normalized spacial score (nSPS) is 11.2. The zero-order valence-corrected chi connectivity index (χ0v) is 19.0. The molecule has 2 rings (SSSR count). The van der Waals surface area contributed by atoms with Gasteiger partial charge in [0.05, 0.1) is 31.1 Å². The second-order valence-corrected chi connectivity index (χ2v) is 8.47. The number of nitro groups is 1. The van der Waals surface area contributed by atoms with Crippen molar-refractivity contribution in [3.8, 4) is 0 Å². The molecule has 0 atom stereocenters. The molecule has 160 valence electrons. The van der Waals surface area contributed by atoms with Crippen LogP contribution in [0.3, 0.4) is 0 Å². The van der Waals surface area contributed by atoms with Gasteiger partial charge in [-0.3, -0.25) is 19.7 Å². The fourth-order valence-electron chi connectivity index (χ4n) is 2.91. The molecule has 0 radical (unpaired) electrons. The molecular formula is C20H20Cl3N3O4. The molecule has 0 spiro atoms. The van der Waals surface area contributed by atoms with E-state index in [0.717, 1.165) is 0 Å². The number of carbonyl (C=O) groups excluding carboxylic acids is 2. The van der Waals surface area contributed by atoms with Gasteiger partial charge in [-0.15, -0.1) is 0 Å². The van der Waals surface area contributed by atoms with Gasteiger partial charge < -0.3 is 0 Å². The van der Waals surface area contributed by atoms with E-state index < -0.39 is 22.3 Å². The Labute approximate surface area is 189 Å². The second kappa shape index (κ2) is 9.20. The lowest BCUT2D eigenvalue weighted by Crippen LogP contribution is -2.58. The third kappa shape index (κ3) is 4.69. The third-order valence-electron chi connectivity index (χ3n) is 4.20. The maximum atomic E-state index is 13.4. The van der Waals surface area contributed by atoms with Crippen LogP contribution in [-0.2, 0) is 0 Å². The smallest absolute Gasteiger partial charge is 0.267 e. The molecule has 2 amide bonds. The van der Waals surface area contributed by atoms with Crippen LogP contribution in [0, 0.1) is 10.1 Å². The molecule has 7 nitrogen and oxygen atoms in total. The van der Waals surface area contributed by atoms with E-state index in [1.54, 1.807) is 27.7 Å². The molecule has 0 aliphatic rings. The Bertz CT molecular complexity index is 1010. The summed E-state index contributed by atoms with van der Waals surface area (Å²) in [7, 11) is 0. The Balaban J connectivity index is 2.61. The fraction of sp³-hybridized carbons (Fsp3) is 0.300. The fourth-order valence-corrected chi connectivity index (χ4v) is 3.53. The maximum absolute atomic E-state index is 13.4. The number of amides is 2. The van der Waals surface area contributed by atoms with Gasteiger partial charge in [0.25, 0.3) is 17.5 Å². The summed E-state index contributed by atoms with van der Waals surface area (Å²) >= 11 is 18.2. The van der Waals surface area contributed by atoms with Crippen LogP contribution in [0.4, 0.5) is 5.69 Å². The van der Waals surface area contributed by atoms with E-state index in [1.165, 1.54) is 46.4 Å².